The van der Waals surface area contributed by atoms with E-state index in [0.717, 1.165) is 5.69 Å². The van der Waals surface area contributed by atoms with Crippen molar-refractivity contribution in [3.63, 3.8) is 0 Å². The highest BCUT2D eigenvalue weighted by Crippen LogP contribution is 2.32. The zero-order chi connectivity index (χ0) is 15.9. The molecule has 1 aromatic heterocycles. The van der Waals surface area contributed by atoms with E-state index < -0.39 is 11.8 Å². The summed E-state index contributed by atoms with van der Waals surface area (Å²) in [5, 5.41) is 0. The first kappa shape index (κ1) is 14.6. The van der Waals surface area contributed by atoms with Crippen molar-refractivity contribution in [2.24, 2.45) is 0 Å². The number of aryl methyl sites for hydroxylation is 2. The van der Waals surface area contributed by atoms with Crippen LogP contribution < -0.4 is 5.43 Å². The van der Waals surface area contributed by atoms with Crippen molar-refractivity contribution >= 4 is 12.1 Å². The standard InChI is InChI=1S/C15H18N2O5/c1-9-7-11(18)12(10(2)16-9)13(19)17-5-3-15(4-6-17)8-21-14(20)22-15/h7H,3-6,8H2,1-2H3,(H,16,18). The molecule has 0 aromatic carbocycles. The Labute approximate surface area is 127 Å². The molecule has 3 rings (SSSR count). The highest BCUT2D eigenvalue weighted by atomic mass is 16.8. The van der Waals surface area contributed by atoms with Crippen LogP contribution in [0.5, 0.6) is 0 Å². The predicted octanol–water partition coefficient (Wildman–Crippen LogP) is 1.13. The van der Waals surface area contributed by atoms with E-state index in [1.165, 1.54) is 6.07 Å². The van der Waals surface area contributed by atoms with E-state index in [2.05, 4.69) is 4.98 Å². The Bertz CT molecular complexity index is 686. The van der Waals surface area contributed by atoms with E-state index in [0.29, 0.717) is 31.6 Å². The Morgan fingerprint density at radius 1 is 1.27 bits per heavy atom. The lowest BCUT2D eigenvalue weighted by Gasteiger charge is -2.36. The summed E-state index contributed by atoms with van der Waals surface area (Å²) >= 11 is 0. The van der Waals surface area contributed by atoms with Crippen molar-refractivity contribution in [1.82, 2.24) is 9.88 Å². The number of carbonyl (C=O) groups excluding carboxylic acids is 2. The van der Waals surface area contributed by atoms with Crippen molar-refractivity contribution < 1.29 is 19.1 Å². The molecule has 1 N–H and O–H groups in total. The first-order chi connectivity index (χ1) is 10.4. The van der Waals surface area contributed by atoms with Crippen LogP contribution in [0.4, 0.5) is 4.79 Å². The minimum Gasteiger partial charge on any atom is -0.430 e. The smallest absolute Gasteiger partial charge is 0.430 e. The number of hydrogen-bond donors (Lipinski definition) is 1. The number of rotatable bonds is 1. The van der Waals surface area contributed by atoms with Gasteiger partial charge in [0.1, 0.15) is 12.2 Å². The third kappa shape index (κ3) is 2.47. The number of nitrogens with one attached hydrogen (secondary N) is 1. The van der Waals surface area contributed by atoms with Crippen LogP contribution in [-0.2, 0) is 9.47 Å². The fourth-order valence-electron chi connectivity index (χ4n) is 3.06. The molecule has 7 nitrogen and oxygen atoms in total. The molecule has 1 amide bonds. The van der Waals surface area contributed by atoms with Crippen molar-refractivity contribution in [3.8, 4) is 0 Å². The van der Waals surface area contributed by atoms with Crippen LogP contribution in [0, 0.1) is 13.8 Å². The monoisotopic (exact) mass is 306 g/mol. The van der Waals surface area contributed by atoms with E-state index in [1.54, 1.807) is 18.7 Å². The van der Waals surface area contributed by atoms with Gasteiger partial charge in [0.2, 0.25) is 0 Å². The Morgan fingerprint density at radius 3 is 2.50 bits per heavy atom. The maximum Gasteiger partial charge on any atom is 0.509 e. The number of aromatic amines is 1. The number of carbonyl (C=O) groups is 2. The van der Waals surface area contributed by atoms with Crippen molar-refractivity contribution in [3.05, 3.63) is 33.2 Å². The largest absolute Gasteiger partial charge is 0.509 e. The van der Waals surface area contributed by atoms with Crippen LogP contribution >= 0.6 is 0 Å². The molecule has 3 heterocycles. The first-order valence-electron chi connectivity index (χ1n) is 7.26. The number of cyclic esters (lactones) is 1. The lowest BCUT2D eigenvalue weighted by atomic mass is 9.92. The molecule has 2 aliphatic heterocycles. The van der Waals surface area contributed by atoms with E-state index in [4.69, 9.17) is 9.47 Å². The highest BCUT2D eigenvalue weighted by molar-refractivity contribution is 5.95. The Morgan fingerprint density at radius 2 is 1.95 bits per heavy atom. The second-order valence-electron chi connectivity index (χ2n) is 5.93. The van der Waals surface area contributed by atoms with Crippen molar-refractivity contribution in [1.29, 1.82) is 0 Å². The van der Waals surface area contributed by atoms with Crippen LogP contribution in [0.3, 0.4) is 0 Å². The van der Waals surface area contributed by atoms with Gasteiger partial charge in [0.15, 0.2) is 11.0 Å². The molecule has 7 heteroatoms. The van der Waals surface area contributed by atoms with Gasteiger partial charge >= 0.3 is 6.16 Å². The van der Waals surface area contributed by atoms with Crippen LogP contribution in [0.25, 0.3) is 0 Å². The lowest BCUT2D eigenvalue weighted by Crippen LogP contribution is -2.49. The molecule has 0 aliphatic carbocycles. The summed E-state index contributed by atoms with van der Waals surface area (Å²) in [5.74, 6) is -0.279. The minimum absolute atomic E-state index is 0.182. The summed E-state index contributed by atoms with van der Waals surface area (Å²) in [4.78, 5) is 40.4. The van der Waals surface area contributed by atoms with Gasteiger partial charge in [-0.15, -0.1) is 0 Å². The average Bonchev–Trinajstić information content (AvgIpc) is 2.79. The number of ether oxygens (including phenoxy) is 2. The van der Waals surface area contributed by atoms with Gasteiger partial charge in [-0.2, -0.15) is 0 Å². The lowest BCUT2D eigenvalue weighted by molar-refractivity contribution is 0.00275. The molecular weight excluding hydrogens is 288 g/mol. The number of piperidine rings is 1. The Kier molecular flexibility index (Phi) is 3.42. The van der Waals surface area contributed by atoms with E-state index in [9.17, 15) is 14.4 Å². The molecule has 118 valence electrons. The van der Waals surface area contributed by atoms with Crippen LogP contribution in [0.15, 0.2) is 10.9 Å². The summed E-state index contributed by atoms with van der Waals surface area (Å²) in [6, 6.07) is 1.43. The van der Waals surface area contributed by atoms with Crippen molar-refractivity contribution in [2.75, 3.05) is 19.7 Å². The number of aromatic nitrogens is 1. The maximum atomic E-state index is 12.6. The molecule has 0 unspecified atom stereocenters. The SMILES string of the molecule is Cc1cc(=O)c(C(=O)N2CCC3(CC2)COC(=O)O3)c(C)[nH]1. The molecule has 2 saturated heterocycles. The molecule has 0 bridgehead atoms. The summed E-state index contributed by atoms with van der Waals surface area (Å²) in [5.41, 5.74) is 0.608. The number of nitrogens with zero attached hydrogens (tertiary/aromatic N) is 1. The Balaban J connectivity index is 1.76. The first-order valence-corrected chi connectivity index (χ1v) is 7.26. The molecule has 22 heavy (non-hydrogen) atoms. The maximum absolute atomic E-state index is 12.6. The van der Waals surface area contributed by atoms with Gasteiger partial charge in [0.25, 0.3) is 5.91 Å². The topological polar surface area (TPSA) is 88.7 Å². The third-order valence-corrected chi connectivity index (χ3v) is 4.28. The number of hydrogen-bond acceptors (Lipinski definition) is 5. The molecule has 0 radical (unpaired) electrons. The molecule has 1 aromatic rings. The number of pyridine rings is 1. The molecular formula is C15H18N2O5. The van der Waals surface area contributed by atoms with Crippen LogP contribution in [0.2, 0.25) is 0 Å². The van der Waals surface area contributed by atoms with Crippen LogP contribution in [-0.4, -0.2) is 47.2 Å². The second-order valence-corrected chi connectivity index (χ2v) is 5.93. The van der Waals surface area contributed by atoms with Gasteiger partial charge in [-0.05, 0) is 13.8 Å². The number of likely N-dealkylation sites (tertiary alicyclic amines) is 1. The molecule has 0 atom stereocenters. The summed E-state index contributed by atoms with van der Waals surface area (Å²) in [6.07, 6.45) is 0.395. The van der Waals surface area contributed by atoms with E-state index >= 15 is 0 Å². The fraction of sp³-hybridized carbons (Fsp3) is 0.533. The highest BCUT2D eigenvalue weighted by Gasteiger charge is 2.45. The summed E-state index contributed by atoms with van der Waals surface area (Å²) in [6.45, 7) is 4.60. The van der Waals surface area contributed by atoms with Gasteiger partial charge in [-0.25, -0.2) is 4.79 Å². The van der Waals surface area contributed by atoms with Gasteiger partial charge in [0, 0.05) is 43.4 Å². The zero-order valence-corrected chi connectivity index (χ0v) is 12.6. The Hall–Kier alpha value is -2.31. The van der Waals surface area contributed by atoms with Gasteiger partial charge in [0.05, 0.1) is 0 Å². The minimum atomic E-state index is -0.648. The van der Waals surface area contributed by atoms with Gasteiger partial charge < -0.3 is 19.4 Å². The zero-order valence-electron chi connectivity index (χ0n) is 12.6. The fourth-order valence-corrected chi connectivity index (χ4v) is 3.06. The molecule has 2 fully saturated rings. The van der Waals surface area contributed by atoms with Crippen molar-refractivity contribution in [2.45, 2.75) is 32.3 Å². The third-order valence-electron chi connectivity index (χ3n) is 4.28. The molecule has 0 saturated carbocycles. The quantitative estimate of drug-likeness (QED) is 0.786. The summed E-state index contributed by atoms with van der Waals surface area (Å²) < 4.78 is 10.1. The van der Waals surface area contributed by atoms with Gasteiger partial charge in [-0.1, -0.05) is 0 Å². The van der Waals surface area contributed by atoms with Gasteiger partial charge in [-0.3, -0.25) is 9.59 Å². The predicted molar refractivity (Wildman–Crippen MR) is 76.8 cm³/mol. The van der Waals surface area contributed by atoms with Crippen LogP contribution in [0.1, 0.15) is 34.6 Å². The average molecular weight is 306 g/mol. The number of amides is 1. The normalized spacial score (nSPS) is 19.9. The van der Waals surface area contributed by atoms with E-state index in [1.807, 2.05) is 0 Å². The molecule has 1 spiro atoms. The second kappa shape index (κ2) is 5.15. The summed E-state index contributed by atoms with van der Waals surface area (Å²) in [7, 11) is 0. The number of H-pyrrole nitrogens is 1. The molecule has 2 aliphatic rings. The van der Waals surface area contributed by atoms with E-state index in [-0.39, 0.29) is 23.5 Å².